The molecule has 1 amide bonds. The van der Waals surface area contributed by atoms with Crippen LogP contribution in [0.5, 0.6) is 0 Å². The highest BCUT2D eigenvalue weighted by atomic mass is 16.1. The van der Waals surface area contributed by atoms with E-state index < -0.39 is 5.54 Å². The molecule has 0 aliphatic heterocycles. The third-order valence-electron chi connectivity index (χ3n) is 2.60. The number of hydrogen-bond acceptors (Lipinski definition) is 2. The van der Waals surface area contributed by atoms with Gasteiger partial charge in [0.05, 0.1) is 5.54 Å². The van der Waals surface area contributed by atoms with Gasteiger partial charge in [0.1, 0.15) is 0 Å². The number of carbonyl (C=O) groups is 1. The predicted molar refractivity (Wildman–Crippen MR) is 61.3 cm³/mol. The maximum absolute atomic E-state index is 11.1. The van der Waals surface area contributed by atoms with Crippen molar-refractivity contribution in [3.05, 3.63) is 35.4 Å². The number of aryl methyl sites for hydroxylation is 1. The molecule has 0 atom stereocenters. The molecule has 0 radical (unpaired) electrons. The van der Waals surface area contributed by atoms with Crippen LogP contribution in [0, 0.1) is 6.92 Å². The summed E-state index contributed by atoms with van der Waals surface area (Å²) in [5.74, 6) is -0.337. The van der Waals surface area contributed by atoms with E-state index in [1.54, 1.807) is 13.8 Å². The van der Waals surface area contributed by atoms with Gasteiger partial charge in [-0.2, -0.15) is 0 Å². The molecule has 0 aliphatic rings. The number of rotatable bonds is 4. The summed E-state index contributed by atoms with van der Waals surface area (Å²) in [6.45, 7) is 6.28. The Bertz CT molecular complexity index is 358. The van der Waals surface area contributed by atoms with Crippen LogP contribution < -0.4 is 11.1 Å². The Hall–Kier alpha value is -1.35. The topological polar surface area (TPSA) is 55.1 Å². The van der Waals surface area contributed by atoms with Crippen LogP contribution in [0.3, 0.4) is 0 Å². The van der Waals surface area contributed by atoms with Gasteiger partial charge in [-0.25, -0.2) is 0 Å². The Balaban J connectivity index is 2.66. The monoisotopic (exact) mass is 206 g/mol. The average molecular weight is 206 g/mol. The number of amides is 1. The quantitative estimate of drug-likeness (QED) is 0.781. The molecule has 0 fully saturated rings. The summed E-state index contributed by atoms with van der Waals surface area (Å²) < 4.78 is 0. The van der Waals surface area contributed by atoms with Crippen LogP contribution in [0.25, 0.3) is 0 Å². The first-order valence-corrected chi connectivity index (χ1v) is 5.03. The normalized spacial score (nSPS) is 11.4. The lowest BCUT2D eigenvalue weighted by molar-refractivity contribution is -0.123. The van der Waals surface area contributed by atoms with Gasteiger partial charge in [-0.1, -0.05) is 24.3 Å². The summed E-state index contributed by atoms with van der Waals surface area (Å²) in [5, 5.41) is 3.14. The minimum Gasteiger partial charge on any atom is -0.368 e. The Labute approximate surface area is 90.7 Å². The molecule has 1 aromatic carbocycles. The molecule has 15 heavy (non-hydrogen) atoms. The molecule has 0 saturated carbocycles. The van der Waals surface area contributed by atoms with Gasteiger partial charge < -0.3 is 5.73 Å². The summed E-state index contributed by atoms with van der Waals surface area (Å²) in [5.41, 5.74) is 7.01. The Kier molecular flexibility index (Phi) is 3.48. The van der Waals surface area contributed by atoms with Crippen LogP contribution in [0.4, 0.5) is 0 Å². The van der Waals surface area contributed by atoms with Gasteiger partial charge in [-0.15, -0.1) is 0 Å². The second kappa shape index (κ2) is 4.45. The van der Waals surface area contributed by atoms with Crippen molar-refractivity contribution in [1.82, 2.24) is 5.32 Å². The molecule has 3 heteroatoms. The van der Waals surface area contributed by atoms with Crippen LogP contribution in [-0.2, 0) is 11.3 Å². The summed E-state index contributed by atoms with van der Waals surface area (Å²) in [4.78, 5) is 11.1. The molecule has 82 valence electrons. The van der Waals surface area contributed by atoms with Gasteiger partial charge in [0.25, 0.3) is 0 Å². The highest BCUT2D eigenvalue weighted by Gasteiger charge is 2.23. The maximum Gasteiger partial charge on any atom is 0.237 e. The fourth-order valence-corrected chi connectivity index (χ4v) is 1.21. The molecule has 0 aromatic heterocycles. The Morgan fingerprint density at radius 3 is 2.53 bits per heavy atom. The molecule has 0 saturated heterocycles. The van der Waals surface area contributed by atoms with Crippen LogP contribution >= 0.6 is 0 Å². The zero-order chi connectivity index (χ0) is 11.5. The van der Waals surface area contributed by atoms with Crippen LogP contribution in [0.2, 0.25) is 0 Å². The van der Waals surface area contributed by atoms with Gasteiger partial charge in [-0.05, 0) is 31.9 Å². The van der Waals surface area contributed by atoms with Gasteiger partial charge in [-0.3, -0.25) is 10.1 Å². The number of hydrogen-bond donors (Lipinski definition) is 2. The van der Waals surface area contributed by atoms with Gasteiger partial charge >= 0.3 is 0 Å². The molecule has 0 heterocycles. The maximum atomic E-state index is 11.1. The summed E-state index contributed by atoms with van der Waals surface area (Å²) >= 11 is 0. The predicted octanol–water partition coefficient (Wildman–Crippen LogP) is 1.35. The largest absolute Gasteiger partial charge is 0.368 e. The van der Waals surface area contributed by atoms with E-state index in [0.717, 1.165) is 0 Å². The molecule has 0 aliphatic carbocycles. The number of nitrogens with one attached hydrogen (secondary N) is 1. The first kappa shape index (κ1) is 11.7. The molecular formula is C12H18N2O. The van der Waals surface area contributed by atoms with E-state index in [1.807, 2.05) is 31.2 Å². The Morgan fingerprint density at radius 2 is 2.00 bits per heavy atom. The van der Waals surface area contributed by atoms with E-state index in [4.69, 9.17) is 5.73 Å². The van der Waals surface area contributed by atoms with E-state index in [2.05, 4.69) is 5.32 Å². The fraction of sp³-hybridized carbons (Fsp3) is 0.417. The zero-order valence-corrected chi connectivity index (χ0v) is 9.50. The molecule has 0 bridgehead atoms. The Morgan fingerprint density at radius 1 is 1.40 bits per heavy atom. The first-order valence-electron chi connectivity index (χ1n) is 5.03. The standard InChI is InChI=1S/C12H18N2O/c1-9-6-4-5-7-10(9)8-14-12(2,3)11(13)15/h4-7,14H,8H2,1-3H3,(H2,13,15). The van der Waals surface area contributed by atoms with Crippen molar-refractivity contribution in [2.75, 3.05) is 0 Å². The second-order valence-electron chi connectivity index (χ2n) is 4.27. The van der Waals surface area contributed by atoms with Crippen molar-refractivity contribution in [2.24, 2.45) is 5.73 Å². The van der Waals surface area contributed by atoms with Crippen LogP contribution in [0.15, 0.2) is 24.3 Å². The second-order valence-corrected chi connectivity index (χ2v) is 4.27. The van der Waals surface area contributed by atoms with Gasteiger partial charge in [0, 0.05) is 6.54 Å². The number of nitrogens with two attached hydrogens (primary N) is 1. The van der Waals surface area contributed by atoms with E-state index >= 15 is 0 Å². The summed E-state index contributed by atoms with van der Waals surface area (Å²) in [6.07, 6.45) is 0. The van der Waals surface area contributed by atoms with E-state index in [0.29, 0.717) is 6.54 Å². The third kappa shape index (κ3) is 3.06. The first-order chi connectivity index (χ1) is 6.93. The van der Waals surface area contributed by atoms with Crippen molar-refractivity contribution in [2.45, 2.75) is 32.9 Å². The lowest BCUT2D eigenvalue weighted by Gasteiger charge is -2.22. The molecule has 3 nitrogen and oxygen atoms in total. The molecule has 1 aromatic rings. The van der Waals surface area contributed by atoms with E-state index in [1.165, 1.54) is 11.1 Å². The lowest BCUT2D eigenvalue weighted by Crippen LogP contribution is -2.50. The molecule has 0 spiro atoms. The average Bonchev–Trinajstić information content (AvgIpc) is 2.16. The number of carbonyl (C=O) groups excluding carboxylic acids is 1. The highest BCUT2D eigenvalue weighted by molar-refractivity contribution is 5.83. The van der Waals surface area contributed by atoms with Crippen LogP contribution in [-0.4, -0.2) is 11.4 Å². The molecule has 0 unspecified atom stereocenters. The van der Waals surface area contributed by atoms with Crippen LogP contribution in [0.1, 0.15) is 25.0 Å². The smallest absolute Gasteiger partial charge is 0.237 e. The summed E-state index contributed by atoms with van der Waals surface area (Å²) in [6, 6.07) is 8.08. The third-order valence-corrected chi connectivity index (χ3v) is 2.60. The van der Waals surface area contributed by atoms with Gasteiger partial charge in [0.15, 0.2) is 0 Å². The summed E-state index contributed by atoms with van der Waals surface area (Å²) in [7, 11) is 0. The SMILES string of the molecule is Cc1ccccc1CNC(C)(C)C(N)=O. The molecule has 1 rings (SSSR count). The van der Waals surface area contributed by atoms with E-state index in [-0.39, 0.29) is 5.91 Å². The molecule has 3 N–H and O–H groups in total. The minimum atomic E-state index is -0.664. The van der Waals surface area contributed by atoms with Crippen molar-refractivity contribution in [3.63, 3.8) is 0 Å². The molecular weight excluding hydrogens is 188 g/mol. The van der Waals surface area contributed by atoms with Gasteiger partial charge in [0.2, 0.25) is 5.91 Å². The number of benzene rings is 1. The highest BCUT2D eigenvalue weighted by Crippen LogP contribution is 2.09. The number of primary amides is 1. The van der Waals surface area contributed by atoms with Crippen molar-refractivity contribution in [3.8, 4) is 0 Å². The lowest BCUT2D eigenvalue weighted by atomic mass is 10.0. The zero-order valence-electron chi connectivity index (χ0n) is 9.50. The van der Waals surface area contributed by atoms with Crippen molar-refractivity contribution in [1.29, 1.82) is 0 Å². The van der Waals surface area contributed by atoms with Crippen molar-refractivity contribution < 1.29 is 4.79 Å². The fourth-order valence-electron chi connectivity index (χ4n) is 1.21. The van der Waals surface area contributed by atoms with Crippen molar-refractivity contribution >= 4 is 5.91 Å². The van der Waals surface area contributed by atoms with E-state index in [9.17, 15) is 4.79 Å². The minimum absolute atomic E-state index is 0.337.